The third kappa shape index (κ3) is 6.11. The molecule has 0 N–H and O–H groups in total. The van der Waals surface area contributed by atoms with E-state index in [1.807, 2.05) is 12.1 Å². The zero-order chi connectivity index (χ0) is 22.8. The van der Waals surface area contributed by atoms with E-state index in [2.05, 4.69) is 56.9 Å². The minimum atomic E-state index is -3.06. The van der Waals surface area contributed by atoms with Crippen LogP contribution < -0.4 is 4.90 Å². The lowest BCUT2D eigenvalue weighted by Crippen LogP contribution is -2.45. The summed E-state index contributed by atoms with van der Waals surface area (Å²) in [6.07, 6.45) is 2.43. The summed E-state index contributed by atoms with van der Waals surface area (Å²) < 4.78 is 30.2. The van der Waals surface area contributed by atoms with Crippen molar-refractivity contribution in [3.8, 4) is 0 Å². The van der Waals surface area contributed by atoms with Gasteiger partial charge < -0.3 is 9.64 Å². The largest absolute Gasteiger partial charge is 0.372 e. The molecule has 31 heavy (non-hydrogen) atoms. The van der Waals surface area contributed by atoms with Crippen molar-refractivity contribution in [2.75, 3.05) is 18.0 Å². The Bertz CT molecular complexity index is 986. The van der Waals surface area contributed by atoms with Crippen LogP contribution in [0.5, 0.6) is 0 Å². The van der Waals surface area contributed by atoms with E-state index in [-0.39, 0.29) is 23.2 Å². The van der Waals surface area contributed by atoms with Crippen LogP contribution in [0.15, 0.2) is 36.4 Å². The molecule has 1 saturated heterocycles. The van der Waals surface area contributed by atoms with Crippen LogP contribution in [0, 0.1) is 13.8 Å². The van der Waals surface area contributed by atoms with Gasteiger partial charge in [0, 0.05) is 18.8 Å². The number of morpholine rings is 1. The Kier molecular flexibility index (Phi) is 7.48. The molecule has 0 saturated carbocycles. The first kappa shape index (κ1) is 23.8. The van der Waals surface area contributed by atoms with Gasteiger partial charge in [-0.2, -0.15) is 0 Å². The van der Waals surface area contributed by atoms with E-state index >= 15 is 0 Å². The van der Waals surface area contributed by atoms with Gasteiger partial charge in [-0.1, -0.05) is 30.3 Å². The van der Waals surface area contributed by atoms with Crippen molar-refractivity contribution in [2.45, 2.75) is 77.6 Å². The molecular formula is C26H37NO3S. The number of anilines is 1. The van der Waals surface area contributed by atoms with E-state index in [1.54, 1.807) is 13.8 Å². The molecule has 2 atom stereocenters. The van der Waals surface area contributed by atoms with Gasteiger partial charge in [-0.15, -0.1) is 0 Å². The van der Waals surface area contributed by atoms with E-state index in [0.29, 0.717) is 0 Å². The van der Waals surface area contributed by atoms with E-state index in [0.717, 1.165) is 31.5 Å². The molecule has 1 aliphatic heterocycles. The summed E-state index contributed by atoms with van der Waals surface area (Å²) in [5.74, 6) is 0.115. The molecule has 2 aromatic carbocycles. The summed E-state index contributed by atoms with van der Waals surface area (Å²) in [4.78, 5) is 2.45. The van der Waals surface area contributed by atoms with Crippen molar-refractivity contribution in [3.05, 3.63) is 64.2 Å². The Morgan fingerprint density at radius 1 is 0.935 bits per heavy atom. The van der Waals surface area contributed by atoms with Crippen molar-refractivity contribution < 1.29 is 13.2 Å². The Labute approximate surface area is 188 Å². The molecule has 0 bridgehead atoms. The number of ether oxygens (including phenoxy) is 1. The molecule has 5 heteroatoms. The van der Waals surface area contributed by atoms with E-state index in [9.17, 15) is 8.42 Å². The Hall–Kier alpha value is -1.85. The van der Waals surface area contributed by atoms with Crippen LogP contribution in [-0.2, 0) is 33.2 Å². The first-order valence-corrected chi connectivity index (χ1v) is 13.1. The minimum absolute atomic E-state index is 0.115. The smallest absolute Gasteiger partial charge is 0.156 e. The van der Waals surface area contributed by atoms with Gasteiger partial charge in [0.15, 0.2) is 9.84 Å². The van der Waals surface area contributed by atoms with Crippen LogP contribution in [0.1, 0.15) is 55.5 Å². The molecule has 1 aliphatic rings. The Morgan fingerprint density at radius 2 is 1.52 bits per heavy atom. The fourth-order valence-corrected chi connectivity index (χ4v) is 5.32. The van der Waals surface area contributed by atoms with Crippen LogP contribution in [-0.4, -0.2) is 39.0 Å². The highest BCUT2D eigenvalue weighted by molar-refractivity contribution is 7.91. The second-order valence-corrected chi connectivity index (χ2v) is 12.0. The third-order valence-corrected chi connectivity index (χ3v) is 8.38. The summed E-state index contributed by atoms with van der Waals surface area (Å²) in [7, 11) is -3.06. The van der Waals surface area contributed by atoms with Gasteiger partial charge in [0.2, 0.25) is 0 Å². The highest BCUT2D eigenvalue weighted by atomic mass is 32.2. The number of rotatable bonds is 7. The zero-order valence-corrected chi connectivity index (χ0v) is 20.6. The molecular weight excluding hydrogens is 406 g/mol. The number of hydrogen-bond donors (Lipinski definition) is 0. The number of sulfone groups is 1. The molecule has 0 radical (unpaired) electrons. The average Bonchev–Trinajstić information content (AvgIpc) is 2.68. The van der Waals surface area contributed by atoms with Crippen molar-refractivity contribution in [3.63, 3.8) is 0 Å². The summed E-state index contributed by atoms with van der Waals surface area (Å²) >= 11 is 0. The third-order valence-electron chi connectivity index (χ3n) is 6.21. The first-order valence-electron chi connectivity index (χ1n) is 11.3. The van der Waals surface area contributed by atoms with Gasteiger partial charge in [-0.05, 0) is 88.3 Å². The normalized spacial score (nSPS) is 19.8. The molecule has 0 amide bonds. The quantitative estimate of drug-likeness (QED) is 0.602. The standard InChI is InChI=1S/C26H37NO3S/c1-18(2)31(28,29)17-24-9-7-23(8-10-24)11-12-25-13-20(4)26(14-19(25)3)27-15-21(5)30-22(6)16-27/h7-10,13-14,18,21-22H,11-12,15-17H2,1-6H3/t21-,22+. The molecule has 1 fully saturated rings. The average molecular weight is 444 g/mol. The number of hydrogen-bond acceptors (Lipinski definition) is 4. The summed E-state index contributed by atoms with van der Waals surface area (Å²) in [6, 6.07) is 12.7. The molecule has 0 aliphatic carbocycles. The monoisotopic (exact) mass is 443 g/mol. The van der Waals surface area contributed by atoms with Crippen LogP contribution in [0.4, 0.5) is 5.69 Å². The topological polar surface area (TPSA) is 46.6 Å². The first-order chi connectivity index (χ1) is 14.5. The fraction of sp³-hybridized carbons (Fsp3) is 0.538. The molecule has 1 heterocycles. The zero-order valence-electron chi connectivity index (χ0n) is 19.8. The van der Waals surface area contributed by atoms with Crippen molar-refractivity contribution in [1.29, 1.82) is 0 Å². The lowest BCUT2D eigenvalue weighted by atomic mass is 9.96. The van der Waals surface area contributed by atoms with E-state index < -0.39 is 9.84 Å². The second kappa shape index (κ2) is 9.74. The highest BCUT2D eigenvalue weighted by Gasteiger charge is 2.24. The minimum Gasteiger partial charge on any atom is -0.372 e. The maximum absolute atomic E-state index is 12.1. The van der Waals surface area contributed by atoms with Crippen molar-refractivity contribution in [1.82, 2.24) is 0 Å². The molecule has 170 valence electrons. The van der Waals surface area contributed by atoms with Crippen LogP contribution in [0.25, 0.3) is 0 Å². The van der Waals surface area contributed by atoms with Gasteiger partial charge >= 0.3 is 0 Å². The molecule has 2 aromatic rings. The van der Waals surface area contributed by atoms with Crippen LogP contribution in [0.3, 0.4) is 0 Å². The lowest BCUT2D eigenvalue weighted by Gasteiger charge is -2.38. The second-order valence-electron chi connectivity index (χ2n) is 9.40. The molecule has 3 rings (SSSR count). The van der Waals surface area contributed by atoms with Gasteiger partial charge in [-0.25, -0.2) is 8.42 Å². The fourth-order valence-electron chi connectivity index (χ4n) is 4.33. The summed E-state index contributed by atoms with van der Waals surface area (Å²) in [5.41, 5.74) is 7.44. The molecule has 4 nitrogen and oxygen atoms in total. The number of benzene rings is 2. The molecule has 0 unspecified atom stereocenters. The van der Waals surface area contributed by atoms with Crippen molar-refractivity contribution in [2.24, 2.45) is 0 Å². The van der Waals surface area contributed by atoms with Crippen molar-refractivity contribution >= 4 is 15.5 Å². The number of aryl methyl sites for hydroxylation is 4. The van der Waals surface area contributed by atoms with Crippen LogP contribution >= 0.6 is 0 Å². The highest BCUT2D eigenvalue weighted by Crippen LogP contribution is 2.28. The summed E-state index contributed by atoms with van der Waals surface area (Å²) in [5, 5.41) is -0.342. The van der Waals surface area contributed by atoms with Gasteiger partial charge in [0.25, 0.3) is 0 Å². The Balaban J connectivity index is 1.66. The number of nitrogens with zero attached hydrogens (tertiary/aromatic N) is 1. The van der Waals surface area contributed by atoms with Gasteiger partial charge in [0.05, 0.1) is 23.2 Å². The van der Waals surface area contributed by atoms with Gasteiger partial charge in [0.1, 0.15) is 0 Å². The molecule has 0 aromatic heterocycles. The predicted molar refractivity (Wildman–Crippen MR) is 130 cm³/mol. The lowest BCUT2D eigenvalue weighted by molar-refractivity contribution is -0.00525. The van der Waals surface area contributed by atoms with Gasteiger partial charge in [-0.3, -0.25) is 0 Å². The van der Waals surface area contributed by atoms with E-state index in [4.69, 9.17) is 4.74 Å². The van der Waals surface area contributed by atoms with E-state index in [1.165, 1.54) is 27.9 Å². The SMILES string of the molecule is Cc1cc(N2C[C@@H](C)O[C@@H](C)C2)c(C)cc1CCc1ccc(CS(=O)(=O)C(C)C)cc1. The maximum Gasteiger partial charge on any atom is 0.156 e. The predicted octanol–water partition coefficient (Wildman–Crippen LogP) is 5.03. The Morgan fingerprint density at radius 3 is 2.10 bits per heavy atom. The molecule has 0 spiro atoms. The summed E-state index contributed by atoms with van der Waals surface area (Å²) in [6.45, 7) is 14.0. The van der Waals surface area contributed by atoms with Crippen LogP contribution in [0.2, 0.25) is 0 Å². The maximum atomic E-state index is 12.1.